The molecule has 0 aliphatic carbocycles. The highest BCUT2D eigenvalue weighted by Crippen LogP contribution is 2.19. The van der Waals surface area contributed by atoms with Crippen molar-refractivity contribution >= 4 is 29.7 Å². The number of aliphatic hydroxyl groups excluding tert-OH is 1. The summed E-state index contributed by atoms with van der Waals surface area (Å²) in [4.78, 5) is 15.3. The summed E-state index contributed by atoms with van der Waals surface area (Å²) >= 11 is 1.21. The Hall–Kier alpha value is -0.900. The number of hydrogen-bond acceptors (Lipinski definition) is 5. The van der Waals surface area contributed by atoms with Crippen LogP contribution in [-0.2, 0) is 6.42 Å². The highest BCUT2D eigenvalue weighted by molar-refractivity contribution is 7.09. The fourth-order valence-electron chi connectivity index (χ4n) is 1.05. The first-order valence-corrected chi connectivity index (χ1v) is 5.90. The van der Waals surface area contributed by atoms with Crippen molar-refractivity contribution in [1.29, 1.82) is 0 Å². The minimum absolute atomic E-state index is 0. The molecule has 19 heavy (non-hydrogen) atoms. The third kappa shape index (κ3) is 5.72. The van der Waals surface area contributed by atoms with Gasteiger partial charge in [-0.3, -0.25) is 4.79 Å². The third-order valence-corrected chi connectivity index (χ3v) is 2.88. The van der Waals surface area contributed by atoms with Crippen LogP contribution in [0.15, 0.2) is 5.38 Å². The molecule has 1 heterocycles. The second-order valence-corrected chi connectivity index (χ2v) is 4.38. The number of rotatable bonds is 5. The summed E-state index contributed by atoms with van der Waals surface area (Å²) in [6.45, 7) is -0.520. The Kier molecular flexibility index (Phi) is 7.27. The molecule has 0 saturated carbocycles. The highest BCUT2D eigenvalue weighted by Gasteiger charge is 2.38. The molecule has 1 aromatic heterocycles. The molecule has 1 atom stereocenters. The number of halogens is 4. The lowest BCUT2D eigenvalue weighted by atomic mass is 10.3. The molecule has 1 unspecified atom stereocenters. The lowest BCUT2D eigenvalue weighted by molar-refractivity contribution is -0.201. The van der Waals surface area contributed by atoms with E-state index >= 15 is 0 Å². The van der Waals surface area contributed by atoms with E-state index in [1.807, 2.05) is 5.32 Å². The van der Waals surface area contributed by atoms with Crippen LogP contribution in [0.1, 0.15) is 15.5 Å². The molecule has 0 aliphatic rings. The molecule has 0 fully saturated rings. The van der Waals surface area contributed by atoms with Crippen LogP contribution in [0, 0.1) is 0 Å². The first-order chi connectivity index (χ1) is 8.34. The standard InChI is InChI=1S/C9H12F3N3O2S.ClH/c10-9(11,12)6(16)3-14-8(17)5-4-18-7(15-5)1-2-13;/h4,6,16H,1-3,13H2,(H,14,17);1H. The fourth-order valence-corrected chi connectivity index (χ4v) is 1.84. The van der Waals surface area contributed by atoms with Crippen molar-refractivity contribution in [2.24, 2.45) is 5.73 Å². The number of carbonyl (C=O) groups excluding carboxylic acids is 1. The summed E-state index contributed by atoms with van der Waals surface area (Å²) in [7, 11) is 0. The molecule has 110 valence electrons. The molecule has 0 aliphatic heterocycles. The molecule has 0 spiro atoms. The molecular formula is C9H13ClF3N3O2S. The summed E-state index contributed by atoms with van der Waals surface area (Å²) in [5, 5.41) is 12.7. The van der Waals surface area contributed by atoms with E-state index in [1.165, 1.54) is 16.7 Å². The number of aliphatic hydroxyl groups is 1. The lowest BCUT2D eigenvalue weighted by Crippen LogP contribution is -2.40. The maximum absolute atomic E-state index is 12.0. The second-order valence-electron chi connectivity index (χ2n) is 3.43. The molecule has 0 saturated heterocycles. The molecule has 5 nitrogen and oxygen atoms in total. The van der Waals surface area contributed by atoms with Gasteiger partial charge in [0.05, 0.1) is 11.6 Å². The van der Waals surface area contributed by atoms with Gasteiger partial charge in [-0.25, -0.2) is 4.98 Å². The average molecular weight is 320 g/mol. The summed E-state index contributed by atoms with van der Waals surface area (Å²) in [5.41, 5.74) is 5.33. The first kappa shape index (κ1) is 18.1. The second kappa shape index (κ2) is 7.63. The van der Waals surface area contributed by atoms with E-state index in [-0.39, 0.29) is 18.1 Å². The van der Waals surface area contributed by atoms with Crippen molar-refractivity contribution in [3.8, 4) is 0 Å². The van der Waals surface area contributed by atoms with Crippen LogP contribution in [0.5, 0.6) is 0 Å². The number of alkyl halides is 3. The van der Waals surface area contributed by atoms with Crippen molar-refractivity contribution in [2.75, 3.05) is 13.1 Å². The minimum atomic E-state index is -4.75. The van der Waals surface area contributed by atoms with Gasteiger partial charge in [0.2, 0.25) is 0 Å². The number of nitrogens with zero attached hydrogens (tertiary/aromatic N) is 1. The van der Waals surface area contributed by atoms with E-state index in [9.17, 15) is 18.0 Å². The normalized spacial score (nSPS) is 12.7. The van der Waals surface area contributed by atoms with Crippen molar-refractivity contribution in [3.63, 3.8) is 0 Å². The van der Waals surface area contributed by atoms with Crippen molar-refractivity contribution in [3.05, 3.63) is 16.1 Å². The van der Waals surface area contributed by atoms with Crippen LogP contribution < -0.4 is 11.1 Å². The predicted molar refractivity (Wildman–Crippen MR) is 66.5 cm³/mol. The number of amides is 1. The van der Waals surface area contributed by atoms with Gasteiger partial charge in [-0.2, -0.15) is 13.2 Å². The van der Waals surface area contributed by atoms with Crippen LogP contribution in [-0.4, -0.2) is 41.4 Å². The number of aromatic nitrogens is 1. The summed E-state index contributed by atoms with van der Waals surface area (Å²) in [6, 6.07) is 0. The number of thiazole rings is 1. The van der Waals surface area contributed by atoms with Crippen LogP contribution in [0.3, 0.4) is 0 Å². The lowest BCUT2D eigenvalue weighted by Gasteiger charge is -2.14. The van der Waals surface area contributed by atoms with Crippen LogP contribution >= 0.6 is 23.7 Å². The Labute approximate surface area is 117 Å². The van der Waals surface area contributed by atoms with E-state index in [4.69, 9.17) is 10.8 Å². The highest BCUT2D eigenvalue weighted by atomic mass is 35.5. The molecule has 1 amide bonds. The summed E-state index contributed by atoms with van der Waals surface area (Å²) in [6.07, 6.45) is -6.83. The number of hydrogen-bond donors (Lipinski definition) is 3. The van der Waals surface area contributed by atoms with Crippen molar-refractivity contribution in [1.82, 2.24) is 10.3 Å². The molecule has 0 bridgehead atoms. The Balaban J connectivity index is 0.00000324. The maximum Gasteiger partial charge on any atom is 0.416 e. The fraction of sp³-hybridized carbons (Fsp3) is 0.556. The van der Waals surface area contributed by atoms with Gasteiger partial charge in [-0.05, 0) is 6.54 Å². The van der Waals surface area contributed by atoms with Crippen LogP contribution in [0.25, 0.3) is 0 Å². The van der Waals surface area contributed by atoms with E-state index in [1.54, 1.807) is 0 Å². The monoisotopic (exact) mass is 319 g/mol. The van der Waals surface area contributed by atoms with Gasteiger partial charge < -0.3 is 16.2 Å². The van der Waals surface area contributed by atoms with E-state index in [0.29, 0.717) is 18.0 Å². The van der Waals surface area contributed by atoms with Crippen molar-refractivity contribution < 1.29 is 23.1 Å². The molecule has 1 aromatic rings. The van der Waals surface area contributed by atoms with Gasteiger partial charge in [-0.15, -0.1) is 23.7 Å². The van der Waals surface area contributed by atoms with Gasteiger partial charge in [0.25, 0.3) is 5.91 Å². The molecule has 0 radical (unpaired) electrons. The zero-order valence-corrected chi connectivity index (χ0v) is 11.2. The Bertz CT molecular complexity index is 414. The first-order valence-electron chi connectivity index (χ1n) is 5.02. The Morgan fingerprint density at radius 2 is 2.21 bits per heavy atom. The van der Waals surface area contributed by atoms with Gasteiger partial charge in [0.15, 0.2) is 6.10 Å². The van der Waals surface area contributed by atoms with Gasteiger partial charge in [-0.1, -0.05) is 0 Å². The number of nitrogens with one attached hydrogen (secondary N) is 1. The largest absolute Gasteiger partial charge is 0.416 e. The van der Waals surface area contributed by atoms with Gasteiger partial charge in [0, 0.05) is 11.8 Å². The van der Waals surface area contributed by atoms with Crippen LogP contribution in [0.4, 0.5) is 13.2 Å². The Morgan fingerprint density at radius 1 is 1.58 bits per heavy atom. The van der Waals surface area contributed by atoms with Gasteiger partial charge >= 0.3 is 6.18 Å². The third-order valence-electron chi connectivity index (χ3n) is 1.98. The topological polar surface area (TPSA) is 88.2 Å². The molecule has 4 N–H and O–H groups in total. The van der Waals surface area contributed by atoms with Crippen LogP contribution in [0.2, 0.25) is 0 Å². The minimum Gasteiger partial charge on any atom is -0.382 e. The summed E-state index contributed by atoms with van der Waals surface area (Å²) < 4.78 is 35.9. The summed E-state index contributed by atoms with van der Waals surface area (Å²) in [5.74, 6) is -0.752. The zero-order valence-electron chi connectivity index (χ0n) is 9.61. The zero-order chi connectivity index (χ0) is 13.8. The average Bonchev–Trinajstić information content (AvgIpc) is 2.73. The predicted octanol–water partition coefficient (Wildman–Crippen LogP) is 0.719. The quantitative estimate of drug-likeness (QED) is 0.746. The maximum atomic E-state index is 12.0. The molecule has 0 aromatic carbocycles. The number of nitrogens with two attached hydrogens (primary N) is 1. The van der Waals surface area contributed by atoms with Crippen molar-refractivity contribution in [2.45, 2.75) is 18.7 Å². The Morgan fingerprint density at radius 3 is 2.74 bits per heavy atom. The molecule has 10 heteroatoms. The van der Waals surface area contributed by atoms with Gasteiger partial charge in [0.1, 0.15) is 5.69 Å². The smallest absolute Gasteiger partial charge is 0.382 e. The van der Waals surface area contributed by atoms with E-state index in [2.05, 4.69) is 4.98 Å². The van der Waals surface area contributed by atoms with E-state index < -0.39 is 24.7 Å². The van der Waals surface area contributed by atoms with E-state index in [0.717, 1.165) is 0 Å². The SMILES string of the molecule is Cl.NCCc1nc(C(=O)NCC(O)C(F)(F)F)cs1. The molecule has 1 rings (SSSR count). The molecular weight excluding hydrogens is 307 g/mol. The number of carbonyl (C=O) groups is 1.